The summed E-state index contributed by atoms with van der Waals surface area (Å²) in [6, 6.07) is 6.38. The van der Waals surface area contributed by atoms with Crippen LogP contribution >= 0.6 is 11.3 Å². The Bertz CT molecular complexity index is 883. The van der Waals surface area contributed by atoms with Gasteiger partial charge >= 0.3 is 6.18 Å². The third-order valence-electron chi connectivity index (χ3n) is 4.37. The van der Waals surface area contributed by atoms with Crippen LogP contribution in [0.15, 0.2) is 24.3 Å². The number of halogens is 3. The minimum atomic E-state index is -4.51. The Morgan fingerprint density at radius 3 is 2.85 bits per heavy atom. The van der Waals surface area contributed by atoms with Crippen LogP contribution < -0.4 is 5.32 Å². The molecule has 1 aromatic heterocycles. The number of nitrogens with one attached hydrogen (secondary N) is 1. The Labute approximate surface area is 152 Å². The van der Waals surface area contributed by atoms with E-state index in [1.807, 2.05) is 0 Å². The van der Waals surface area contributed by atoms with Crippen LogP contribution in [0.4, 0.5) is 18.2 Å². The lowest BCUT2D eigenvalue weighted by Gasteiger charge is -2.24. The van der Waals surface area contributed by atoms with Crippen molar-refractivity contribution in [3.05, 3.63) is 51.4 Å². The summed E-state index contributed by atoms with van der Waals surface area (Å²) in [7, 11) is 0. The second-order valence-corrected chi connectivity index (χ2v) is 7.08. The molecule has 0 aliphatic carbocycles. The van der Waals surface area contributed by atoms with Crippen LogP contribution in [0, 0.1) is 11.3 Å². The normalized spacial score (nSPS) is 14.6. The maximum atomic E-state index is 12.8. The van der Waals surface area contributed by atoms with E-state index >= 15 is 0 Å². The number of rotatable bonds is 3. The van der Waals surface area contributed by atoms with Crippen molar-refractivity contribution < 1.29 is 18.0 Å². The zero-order valence-electron chi connectivity index (χ0n) is 14.0. The quantitative estimate of drug-likeness (QED) is 0.867. The van der Waals surface area contributed by atoms with Gasteiger partial charge in [-0.05, 0) is 36.7 Å². The van der Waals surface area contributed by atoms with E-state index in [1.54, 1.807) is 0 Å². The third kappa shape index (κ3) is 3.59. The molecule has 0 unspecified atom stereocenters. The molecule has 0 saturated carbocycles. The summed E-state index contributed by atoms with van der Waals surface area (Å²) in [6.07, 6.45) is -3.79. The zero-order chi connectivity index (χ0) is 18.9. The standard InChI is InChI=1S/C18H16F3N3OS/c1-2-24-7-6-13-14(9-22)17(26-15(13)10-24)23-16(25)11-4-3-5-12(8-11)18(19,20)21/h3-5,8H,2,6-7,10H2,1H3,(H,23,25). The molecule has 1 aliphatic rings. The van der Waals surface area contributed by atoms with E-state index in [2.05, 4.69) is 23.2 Å². The Kier molecular flexibility index (Phi) is 5.03. The van der Waals surface area contributed by atoms with Crippen LogP contribution in [0.3, 0.4) is 0 Å². The maximum Gasteiger partial charge on any atom is 0.416 e. The molecule has 0 radical (unpaired) electrons. The highest BCUT2D eigenvalue weighted by atomic mass is 32.1. The minimum Gasteiger partial charge on any atom is -0.312 e. The van der Waals surface area contributed by atoms with Gasteiger partial charge in [0.2, 0.25) is 0 Å². The second-order valence-electron chi connectivity index (χ2n) is 5.97. The van der Waals surface area contributed by atoms with Crippen LogP contribution in [0.25, 0.3) is 0 Å². The SMILES string of the molecule is CCN1CCc2c(sc(NC(=O)c3cccc(C(F)(F)F)c3)c2C#N)C1. The number of fused-ring (bicyclic) bond motifs is 1. The number of anilines is 1. The summed E-state index contributed by atoms with van der Waals surface area (Å²) in [5, 5.41) is 12.5. The predicted molar refractivity (Wildman–Crippen MR) is 93.1 cm³/mol. The van der Waals surface area contributed by atoms with Gasteiger partial charge in [0.15, 0.2) is 0 Å². The molecule has 0 fully saturated rings. The van der Waals surface area contributed by atoms with Crippen LogP contribution in [-0.2, 0) is 19.1 Å². The fourth-order valence-corrected chi connectivity index (χ4v) is 4.18. The van der Waals surface area contributed by atoms with Gasteiger partial charge in [-0.15, -0.1) is 11.3 Å². The predicted octanol–water partition coefficient (Wildman–Crippen LogP) is 4.27. The van der Waals surface area contributed by atoms with Gasteiger partial charge in [-0.2, -0.15) is 18.4 Å². The molecule has 0 bridgehead atoms. The molecule has 1 aliphatic heterocycles. The summed E-state index contributed by atoms with van der Waals surface area (Å²) in [4.78, 5) is 15.7. The number of hydrogen-bond donors (Lipinski definition) is 1. The number of alkyl halides is 3. The fourth-order valence-electron chi connectivity index (χ4n) is 2.94. The largest absolute Gasteiger partial charge is 0.416 e. The van der Waals surface area contributed by atoms with Gasteiger partial charge in [0, 0.05) is 23.5 Å². The summed E-state index contributed by atoms with van der Waals surface area (Å²) >= 11 is 1.32. The van der Waals surface area contributed by atoms with E-state index < -0.39 is 17.6 Å². The van der Waals surface area contributed by atoms with Crippen molar-refractivity contribution >= 4 is 22.2 Å². The number of carbonyl (C=O) groups excluding carboxylic acids is 1. The molecule has 136 valence electrons. The molecule has 0 saturated heterocycles. The number of carbonyl (C=O) groups is 1. The number of thiophene rings is 1. The first-order chi connectivity index (χ1) is 12.3. The van der Waals surface area contributed by atoms with E-state index in [1.165, 1.54) is 23.5 Å². The van der Waals surface area contributed by atoms with E-state index in [9.17, 15) is 23.2 Å². The van der Waals surface area contributed by atoms with E-state index in [-0.39, 0.29) is 5.56 Å². The highest BCUT2D eigenvalue weighted by Gasteiger charge is 2.31. The number of nitrogens with zero attached hydrogens (tertiary/aromatic N) is 2. The van der Waals surface area contributed by atoms with Gasteiger partial charge in [0.1, 0.15) is 11.1 Å². The number of likely N-dealkylation sites (N-methyl/N-ethyl adjacent to an activating group) is 1. The van der Waals surface area contributed by atoms with Crippen molar-refractivity contribution in [2.75, 3.05) is 18.4 Å². The molecule has 0 atom stereocenters. The van der Waals surface area contributed by atoms with Gasteiger partial charge in [-0.1, -0.05) is 13.0 Å². The Morgan fingerprint density at radius 1 is 1.42 bits per heavy atom. The second kappa shape index (κ2) is 7.09. The average Bonchev–Trinajstić information content (AvgIpc) is 2.96. The molecule has 8 heteroatoms. The molecule has 3 rings (SSSR count). The third-order valence-corrected chi connectivity index (χ3v) is 5.51. The van der Waals surface area contributed by atoms with Crippen molar-refractivity contribution in [3.8, 4) is 6.07 Å². The summed E-state index contributed by atoms with van der Waals surface area (Å²) in [5.41, 5.74) is 0.377. The first-order valence-corrected chi connectivity index (χ1v) is 8.90. The van der Waals surface area contributed by atoms with Gasteiger partial charge in [-0.3, -0.25) is 9.69 Å². The fraction of sp³-hybridized carbons (Fsp3) is 0.333. The van der Waals surface area contributed by atoms with Gasteiger partial charge in [0.25, 0.3) is 5.91 Å². The van der Waals surface area contributed by atoms with Crippen molar-refractivity contribution in [2.24, 2.45) is 0 Å². The monoisotopic (exact) mass is 379 g/mol. The molecule has 4 nitrogen and oxygen atoms in total. The topological polar surface area (TPSA) is 56.1 Å². The van der Waals surface area contributed by atoms with Gasteiger partial charge in [0.05, 0.1) is 11.1 Å². The van der Waals surface area contributed by atoms with Gasteiger partial charge < -0.3 is 5.32 Å². The Hall–Kier alpha value is -2.37. The molecule has 1 aromatic carbocycles. The lowest BCUT2D eigenvalue weighted by Crippen LogP contribution is -2.29. The number of amides is 1. The van der Waals surface area contributed by atoms with Crippen molar-refractivity contribution in [1.29, 1.82) is 5.26 Å². The highest BCUT2D eigenvalue weighted by Crippen LogP contribution is 2.37. The molecule has 26 heavy (non-hydrogen) atoms. The molecular weight excluding hydrogens is 363 g/mol. The smallest absolute Gasteiger partial charge is 0.312 e. The summed E-state index contributed by atoms with van der Waals surface area (Å²) < 4.78 is 38.5. The molecule has 0 spiro atoms. The first-order valence-electron chi connectivity index (χ1n) is 8.09. The Morgan fingerprint density at radius 2 is 2.19 bits per heavy atom. The summed E-state index contributed by atoms with van der Waals surface area (Å²) in [5.74, 6) is -0.654. The van der Waals surface area contributed by atoms with Crippen LogP contribution in [0.2, 0.25) is 0 Å². The van der Waals surface area contributed by atoms with Crippen molar-refractivity contribution in [3.63, 3.8) is 0 Å². The number of hydrogen-bond acceptors (Lipinski definition) is 4. The minimum absolute atomic E-state index is 0.0923. The Balaban J connectivity index is 1.87. The lowest BCUT2D eigenvalue weighted by atomic mass is 10.0. The zero-order valence-corrected chi connectivity index (χ0v) is 14.8. The highest BCUT2D eigenvalue weighted by molar-refractivity contribution is 7.16. The first kappa shape index (κ1) is 18.4. The molecule has 2 heterocycles. The maximum absolute atomic E-state index is 12.8. The van der Waals surface area contributed by atoms with Crippen LogP contribution in [-0.4, -0.2) is 23.9 Å². The lowest BCUT2D eigenvalue weighted by molar-refractivity contribution is -0.137. The average molecular weight is 379 g/mol. The van der Waals surface area contributed by atoms with Crippen LogP contribution in [0.5, 0.6) is 0 Å². The van der Waals surface area contributed by atoms with E-state index in [0.717, 1.165) is 42.1 Å². The van der Waals surface area contributed by atoms with Crippen molar-refractivity contribution in [2.45, 2.75) is 26.1 Å². The molecule has 1 amide bonds. The molecule has 2 aromatic rings. The summed E-state index contributed by atoms with van der Waals surface area (Å²) in [6.45, 7) is 4.51. The number of nitriles is 1. The van der Waals surface area contributed by atoms with Crippen molar-refractivity contribution in [1.82, 2.24) is 4.90 Å². The number of benzene rings is 1. The van der Waals surface area contributed by atoms with E-state index in [4.69, 9.17) is 0 Å². The van der Waals surface area contributed by atoms with Crippen LogP contribution in [0.1, 0.15) is 38.8 Å². The molecule has 1 N–H and O–H groups in total. The molecular formula is C18H16F3N3OS. The van der Waals surface area contributed by atoms with Gasteiger partial charge in [-0.25, -0.2) is 0 Å². The van der Waals surface area contributed by atoms with E-state index in [0.29, 0.717) is 17.1 Å².